The number of carbonyl (C=O) groups is 1. The molecular weight excluding hydrogens is 364 g/mol. The summed E-state index contributed by atoms with van der Waals surface area (Å²) in [6, 6.07) is 13.9. The number of anilines is 3. The molecule has 0 bridgehead atoms. The lowest BCUT2D eigenvalue weighted by Crippen LogP contribution is -2.15. The second-order valence-corrected chi connectivity index (χ2v) is 6.30. The van der Waals surface area contributed by atoms with Crippen LogP contribution in [0.15, 0.2) is 60.8 Å². The van der Waals surface area contributed by atoms with Crippen LogP contribution in [0.1, 0.15) is 24.3 Å². The Morgan fingerprint density at radius 2 is 1.61 bits per heavy atom. The fourth-order valence-electron chi connectivity index (χ4n) is 2.45. The average molecular weight is 383 g/mol. The van der Waals surface area contributed by atoms with Gasteiger partial charge in [-0.05, 0) is 62.4 Å². The Kier molecular flexibility index (Phi) is 5.84. The van der Waals surface area contributed by atoms with Crippen molar-refractivity contribution < 1.29 is 18.3 Å². The van der Waals surface area contributed by atoms with E-state index in [9.17, 15) is 13.6 Å². The van der Waals surface area contributed by atoms with Crippen LogP contribution in [0.3, 0.4) is 0 Å². The number of benzene rings is 2. The third-order valence-electron chi connectivity index (χ3n) is 3.71. The highest BCUT2D eigenvalue weighted by Crippen LogP contribution is 2.21. The van der Waals surface area contributed by atoms with Gasteiger partial charge in [-0.2, -0.15) is 0 Å². The number of halogens is 2. The molecule has 1 aromatic heterocycles. The van der Waals surface area contributed by atoms with Crippen LogP contribution in [-0.4, -0.2) is 17.0 Å². The lowest BCUT2D eigenvalue weighted by Gasteiger charge is -2.11. The smallest absolute Gasteiger partial charge is 0.274 e. The van der Waals surface area contributed by atoms with Crippen LogP contribution < -0.4 is 15.4 Å². The van der Waals surface area contributed by atoms with Gasteiger partial charge in [-0.25, -0.2) is 13.8 Å². The van der Waals surface area contributed by atoms with E-state index in [1.807, 2.05) is 38.1 Å². The summed E-state index contributed by atoms with van der Waals surface area (Å²) in [5, 5.41) is 5.35. The van der Waals surface area contributed by atoms with Gasteiger partial charge in [0, 0.05) is 5.69 Å². The summed E-state index contributed by atoms with van der Waals surface area (Å²) < 4.78 is 32.9. The van der Waals surface area contributed by atoms with E-state index in [2.05, 4.69) is 15.6 Å². The summed E-state index contributed by atoms with van der Waals surface area (Å²) in [5.74, 6) is -1.63. The first kappa shape index (κ1) is 19.3. The predicted molar refractivity (Wildman–Crippen MR) is 104 cm³/mol. The molecule has 7 heteroatoms. The second kappa shape index (κ2) is 8.47. The normalized spacial score (nSPS) is 10.6. The number of rotatable bonds is 6. The molecule has 1 heterocycles. The Hall–Kier alpha value is -3.48. The number of carbonyl (C=O) groups excluding carboxylic acids is 1. The summed E-state index contributed by atoms with van der Waals surface area (Å²) in [5.41, 5.74) is 1.02. The van der Waals surface area contributed by atoms with E-state index < -0.39 is 23.2 Å². The highest BCUT2D eigenvalue weighted by molar-refractivity contribution is 6.03. The highest BCUT2D eigenvalue weighted by atomic mass is 19.1. The van der Waals surface area contributed by atoms with E-state index in [0.29, 0.717) is 5.69 Å². The molecule has 2 N–H and O–H groups in total. The van der Waals surface area contributed by atoms with Crippen LogP contribution in [0.25, 0.3) is 0 Å². The number of aromatic nitrogens is 1. The van der Waals surface area contributed by atoms with Gasteiger partial charge < -0.3 is 15.4 Å². The fourth-order valence-corrected chi connectivity index (χ4v) is 2.45. The van der Waals surface area contributed by atoms with E-state index in [1.54, 1.807) is 6.07 Å². The van der Waals surface area contributed by atoms with Gasteiger partial charge in [0.15, 0.2) is 0 Å². The molecule has 0 aliphatic carbocycles. The number of pyridine rings is 1. The molecule has 0 fully saturated rings. The maximum absolute atomic E-state index is 13.6. The first-order valence-corrected chi connectivity index (χ1v) is 8.67. The Morgan fingerprint density at radius 3 is 2.18 bits per heavy atom. The van der Waals surface area contributed by atoms with Crippen LogP contribution >= 0.6 is 0 Å². The average Bonchev–Trinajstić information content (AvgIpc) is 2.66. The number of amides is 1. The lowest BCUT2D eigenvalue weighted by atomic mass is 10.2. The van der Waals surface area contributed by atoms with Crippen molar-refractivity contribution in [1.29, 1.82) is 0 Å². The Balaban J connectivity index is 1.65. The molecule has 1 amide bonds. The maximum atomic E-state index is 13.6. The molecule has 0 aliphatic rings. The third-order valence-corrected chi connectivity index (χ3v) is 3.71. The molecular formula is C21H19F2N3O2. The van der Waals surface area contributed by atoms with Crippen molar-refractivity contribution in [2.24, 2.45) is 0 Å². The number of nitrogens with one attached hydrogen (secondary N) is 2. The van der Waals surface area contributed by atoms with Gasteiger partial charge >= 0.3 is 0 Å². The number of para-hydroxylation sites is 1. The molecule has 0 saturated heterocycles. The molecule has 0 atom stereocenters. The van der Waals surface area contributed by atoms with Gasteiger partial charge in [0.2, 0.25) is 0 Å². The summed E-state index contributed by atoms with van der Waals surface area (Å²) in [6.45, 7) is 3.91. The molecule has 28 heavy (non-hydrogen) atoms. The van der Waals surface area contributed by atoms with Crippen molar-refractivity contribution >= 4 is 23.0 Å². The zero-order valence-corrected chi connectivity index (χ0v) is 15.4. The second-order valence-electron chi connectivity index (χ2n) is 6.30. The first-order valence-electron chi connectivity index (χ1n) is 8.67. The quantitative estimate of drug-likeness (QED) is 0.618. The van der Waals surface area contributed by atoms with Gasteiger partial charge in [-0.1, -0.05) is 6.07 Å². The molecule has 0 saturated carbocycles. The topological polar surface area (TPSA) is 63.2 Å². The molecule has 144 valence electrons. The zero-order valence-electron chi connectivity index (χ0n) is 15.4. The minimum Gasteiger partial charge on any atom is -0.491 e. The van der Waals surface area contributed by atoms with Crippen molar-refractivity contribution in [3.05, 3.63) is 78.1 Å². The van der Waals surface area contributed by atoms with E-state index in [-0.39, 0.29) is 11.8 Å². The summed E-state index contributed by atoms with van der Waals surface area (Å²) >= 11 is 0. The van der Waals surface area contributed by atoms with E-state index in [4.69, 9.17) is 4.74 Å². The zero-order chi connectivity index (χ0) is 20.1. The Labute approximate surface area is 161 Å². The molecule has 2 aromatic carbocycles. The molecule has 0 aliphatic heterocycles. The predicted octanol–water partition coefficient (Wildman–Crippen LogP) is 5.14. The third kappa shape index (κ3) is 4.82. The summed E-state index contributed by atoms with van der Waals surface area (Å²) in [4.78, 5) is 16.2. The molecule has 0 spiro atoms. The van der Waals surface area contributed by atoms with E-state index in [1.165, 1.54) is 18.3 Å². The number of hydrogen-bond acceptors (Lipinski definition) is 4. The molecule has 3 aromatic rings. The number of nitrogens with zero attached hydrogens (tertiary/aromatic N) is 1. The lowest BCUT2D eigenvalue weighted by molar-refractivity contribution is 0.102. The van der Waals surface area contributed by atoms with Crippen molar-refractivity contribution in [3.8, 4) is 5.75 Å². The summed E-state index contributed by atoms with van der Waals surface area (Å²) in [6.07, 6.45) is 1.56. The van der Waals surface area contributed by atoms with Crippen LogP contribution in [-0.2, 0) is 0 Å². The largest absolute Gasteiger partial charge is 0.491 e. The van der Waals surface area contributed by atoms with Gasteiger partial charge in [-0.3, -0.25) is 4.79 Å². The van der Waals surface area contributed by atoms with Crippen molar-refractivity contribution in [2.45, 2.75) is 20.0 Å². The van der Waals surface area contributed by atoms with Gasteiger partial charge in [0.25, 0.3) is 5.91 Å². The molecule has 5 nitrogen and oxygen atoms in total. The van der Waals surface area contributed by atoms with Crippen molar-refractivity contribution in [3.63, 3.8) is 0 Å². The minimum atomic E-state index is -0.850. The summed E-state index contributed by atoms with van der Waals surface area (Å²) in [7, 11) is 0. The van der Waals surface area contributed by atoms with Crippen LogP contribution in [0.2, 0.25) is 0 Å². The van der Waals surface area contributed by atoms with Gasteiger partial charge in [0.1, 0.15) is 28.8 Å². The van der Waals surface area contributed by atoms with Gasteiger partial charge in [-0.15, -0.1) is 0 Å². The number of hydrogen-bond donors (Lipinski definition) is 2. The van der Waals surface area contributed by atoms with E-state index in [0.717, 1.165) is 23.6 Å². The molecule has 3 rings (SSSR count). The fraction of sp³-hybridized carbons (Fsp3) is 0.143. The standard InChI is InChI=1S/C21H19F2N3O2/c1-13(2)28-16-9-6-14(7-10-16)25-15-8-11-19(24-12-15)21(27)26-20-17(22)4-3-5-18(20)23/h3-13,25H,1-2H3,(H,26,27). The first-order chi connectivity index (χ1) is 13.4. The van der Waals surface area contributed by atoms with E-state index >= 15 is 0 Å². The number of ether oxygens (including phenoxy) is 1. The Bertz CT molecular complexity index is 938. The van der Waals surface area contributed by atoms with Crippen molar-refractivity contribution in [2.75, 3.05) is 10.6 Å². The van der Waals surface area contributed by atoms with Crippen LogP contribution in [0, 0.1) is 11.6 Å². The van der Waals surface area contributed by atoms with Crippen LogP contribution in [0.5, 0.6) is 5.75 Å². The minimum absolute atomic E-state index is 0.0360. The van der Waals surface area contributed by atoms with Crippen LogP contribution in [0.4, 0.5) is 25.8 Å². The maximum Gasteiger partial charge on any atom is 0.274 e. The monoisotopic (exact) mass is 383 g/mol. The Morgan fingerprint density at radius 1 is 0.964 bits per heavy atom. The molecule has 0 radical (unpaired) electrons. The highest BCUT2D eigenvalue weighted by Gasteiger charge is 2.14. The SMILES string of the molecule is CC(C)Oc1ccc(Nc2ccc(C(=O)Nc3c(F)cccc3F)nc2)cc1. The van der Waals surface area contributed by atoms with Gasteiger partial charge in [0.05, 0.1) is 18.0 Å². The van der Waals surface area contributed by atoms with Crippen molar-refractivity contribution in [1.82, 2.24) is 4.98 Å². The molecule has 0 unspecified atom stereocenters.